The number of hydrogen-bond acceptors (Lipinski definition) is 5. The van der Waals surface area contributed by atoms with Gasteiger partial charge in [0, 0.05) is 11.4 Å². The number of carbonyl (C=O) groups excluding carboxylic acids is 1. The summed E-state index contributed by atoms with van der Waals surface area (Å²) in [5, 5.41) is 5.10. The van der Waals surface area contributed by atoms with Crippen LogP contribution in [-0.2, 0) is 11.3 Å². The number of hydrogen-bond donors (Lipinski definition) is 1. The number of rotatable bonds is 6. The highest BCUT2D eigenvalue weighted by Crippen LogP contribution is 2.29. The van der Waals surface area contributed by atoms with E-state index in [0.717, 1.165) is 20.8 Å². The van der Waals surface area contributed by atoms with Crippen LogP contribution in [0.1, 0.15) is 35.9 Å². The van der Waals surface area contributed by atoms with Gasteiger partial charge in [0.1, 0.15) is 4.83 Å². The molecular weight excluding hydrogens is 449 g/mol. The first-order valence-corrected chi connectivity index (χ1v) is 11.7. The van der Waals surface area contributed by atoms with Gasteiger partial charge in [-0.3, -0.25) is 14.2 Å². The van der Waals surface area contributed by atoms with E-state index in [4.69, 9.17) is 23.2 Å². The summed E-state index contributed by atoms with van der Waals surface area (Å²) in [6, 6.07) is 5.07. The number of carbonyl (C=O) groups is 1. The van der Waals surface area contributed by atoms with E-state index in [2.05, 4.69) is 10.3 Å². The molecule has 0 bridgehead atoms. The number of amides is 1. The molecular formula is C20H21Cl2N3O2S2. The van der Waals surface area contributed by atoms with Crippen molar-refractivity contribution in [3.05, 3.63) is 54.6 Å². The lowest BCUT2D eigenvalue weighted by Crippen LogP contribution is -2.29. The standard InChI is InChI=1S/C20H21Cl2N3O2S2/c1-5-25-19(27)17-10(2)12(4)29-18(17)24-20(25)28-9-16(26)23-11(3)13-6-7-14(21)15(22)8-13/h6-8,11H,5,9H2,1-4H3,(H,23,26). The lowest BCUT2D eigenvalue weighted by Gasteiger charge is -2.15. The molecule has 0 aliphatic rings. The Morgan fingerprint density at radius 1 is 1.31 bits per heavy atom. The summed E-state index contributed by atoms with van der Waals surface area (Å²) in [5.74, 6) is 0.0107. The Kier molecular flexibility index (Phi) is 6.94. The molecule has 0 aliphatic heterocycles. The minimum atomic E-state index is -0.218. The highest BCUT2D eigenvalue weighted by molar-refractivity contribution is 7.99. The van der Waals surface area contributed by atoms with Gasteiger partial charge in [-0.25, -0.2) is 4.98 Å². The molecule has 2 aromatic heterocycles. The fraction of sp³-hybridized carbons (Fsp3) is 0.350. The quantitative estimate of drug-likeness (QED) is 0.389. The third-order valence-corrected chi connectivity index (χ3v) is 7.54. The lowest BCUT2D eigenvalue weighted by atomic mass is 10.1. The highest BCUT2D eigenvalue weighted by Gasteiger charge is 2.17. The Hall–Kier alpha value is -1.54. The van der Waals surface area contributed by atoms with Gasteiger partial charge in [0.2, 0.25) is 5.91 Å². The largest absolute Gasteiger partial charge is 0.349 e. The summed E-state index contributed by atoms with van der Waals surface area (Å²) < 4.78 is 1.63. The number of aryl methyl sites for hydroxylation is 2. The third kappa shape index (κ3) is 4.63. The Labute approximate surface area is 187 Å². The molecule has 5 nitrogen and oxygen atoms in total. The first kappa shape index (κ1) is 22.2. The van der Waals surface area contributed by atoms with Gasteiger partial charge >= 0.3 is 0 Å². The molecule has 0 fully saturated rings. The molecule has 2 heterocycles. The van der Waals surface area contributed by atoms with Crippen molar-refractivity contribution in [1.29, 1.82) is 0 Å². The van der Waals surface area contributed by atoms with Crippen molar-refractivity contribution in [2.45, 2.75) is 45.4 Å². The van der Waals surface area contributed by atoms with Crippen molar-refractivity contribution in [2.75, 3.05) is 5.75 Å². The van der Waals surface area contributed by atoms with Gasteiger partial charge in [-0.1, -0.05) is 41.0 Å². The number of benzene rings is 1. The monoisotopic (exact) mass is 469 g/mol. The fourth-order valence-electron chi connectivity index (χ4n) is 2.98. The van der Waals surface area contributed by atoms with E-state index in [9.17, 15) is 9.59 Å². The van der Waals surface area contributed by atoms with Gasteiger partial charge < -0.3 is 5.32 Å². The van der Waals surface area contributed by atoms with E-state index >= 15 is 0 Å². The van der Waals surface area contributed by atoms with E-state index < -0.39 is 0 Å². The predicted octanol–water partition coefficient (Wildman–Crippen LogP) is 5.37. The predicted molar refractivity (Wildman–Crippen MR) is 123 cm³/mol. The van der Waals surface area contributed by atoms with Crippen molar-refractivity contribution < 1.29 is 4.79 Å². The van der Waals surface area contributed by atoms with Crippen molar-refractivity contribution in [3.8, 4) is 0 Å². The van der Waals surface area contributed by atoms with E-state index in [1.807, 2.05) is 33.8 Å². The van der Waals surface area contributed by atoms with Crippen molar-refractivity contribution in [2.24, 2.45) is 0 Å². The molecule has 1 amide bonds. The van der Waals surface area contributed by atoms with Crippen LogP contribution in [-0.4, -0.2) is 21.2 Å². The number of aromatic nitrogens is 2. The van der Waals surface area contributed by atoms with Crippen molar-refractivity contribution in [1.82, 2.24) is 14.9 Å². The van der Waals surface area contributed by atoms with Crippen LogP contribution in [0.4, 0.5) is 0 Å². The fourth-order valence-corrected chi connectivity index (χ4v) is 5.23. The minimum Gasteiger partial charge on any atom is -0.349 e. The maximum absolute atomic E-state index is 12.9. The summed E-state index contributed by atoms with van der Waals surface area (Å²) in [4.78, 5) is 31.8. The molecule has 0 spiro atoms. The van der Waals surface area contributed by atoms with E-state index in [-0.39, 0.29) is 23.3 Å². The van der Waals surface area contributed by atoms with Crippen LogP contribution in [0.25, 0.3) is 10.2 Å². The first-order chi connectivity index (χ1) is 13.7. The van der Waals surface area contributed by atoms with E-state index in [1.165, 1.54) is 23.1 Å². The second kappa shape index (κ2) is 9.08. The Bertz CT molecular complexity index is 1140. The highest BCUT2D eigenvalue weighted by atomic mass is 35.5. The number of nitrogens with zero attached hydrogens (tertiary/aromatic N) is 2. The van der Waals surface area contributed by atoms with Gasteiger partial charge in [0.05, 0.1) is 27.2 Å². The van der Waals surface area contributed by atoms with Crippen molar-refractivity contribution in [3.63, 3.8) is 0 Å². The molecule has 1 unspecified atom stereocenters. The maximum Gasteiger partial charge on any atom is 0.263 e. The average Bonchev–Trinajstić information content (AvgIpc) is 2.96. The summed E-state index contributed by atoms with van der Waals surface area (Å²) in [6.07, 6.45) is 0. The topological polar surface area (TPSA) is 64.0 Å². The molecule has 1 N–H and O–H groups in total. The number of nitrogens with one attached hydrogen (secondary N) is 1. The lowest BCUT2D eigenvalue weighted by molar-refractivity contribution is -0.119. The van der Waals surface area contributed by atoms with Crippen LogP contribution < -0.4 is 10.9 Å². The average molecular weight is 470 g/mol. The summed E-state index contributed by atoms with van der Waals surface area (Å²) in [6.45, 7) is 8.22. The zero-order chi connectivity index (χ0) is 21.3. The molecule has 1 atom stereocenters. The third-order valence-electron chi connectivity index (χ3n) is 4.72. The molecule has 29 heavy (non-hydrogen) atoms. The molecule has 0 saturated heterocycles. The molecule has 0 saturated carbocycles. The molecule has 3 aromatic rings. The summed E-state index contributed by atoms with van der Waals surface area (Å²) >= 11 is 14.8. The van der Waals surface area contributed by atoms with Crippen LogP contribution in [0.15, 0.2) is 28.2 Å². The van der Waals surface area contributed by atoms with E-state index in [1.54, 1.807) is 16.7 Å². The molecule has 154 valence electrons. The summed E-state index contributed by atoms with van der Waals surface area (Å²) in [7, 11) is 0. The first-order valence-electron chi connectivity index (χ1n) is 9.10. The van der Waals surface area contributed by atoms with Gasteiger partial charge in [-0.2, -0.15) is 0 Å². The summed E-state index contributed by atoms with van der Waals surface area (Å²) in [5.41, 5.74) is 1.80. The van der Waals surface area contributed by atoms with Gasteiger partial charge in [-0.15, -0.1) is 11.3 Å². The SMILES string of the molecule is CCn1c(SCC(=O)NC(C)c2ccc(Cl)c(Cl)c2)nc2sc(C)c(C)c2c1=O. The van der Waals surface area contributed by atoms with Crippen LogP contribution >= 0.6 is 46.3 Å². The Balaban J connectivity index is 1.75. The number of thiophene rings is 1. The molecule has 0 aliphatic carbocycles. The number of fused-ring (bicyclic) bond motifs is 1. The molecule has 0 radical (unpaired) electrons. The van der Waals surface area contributed by atoms with Crippen LogP contribution in [0, 0.1) is 13.8 Å². The van der Waals surface area contributed by atoms with Gasteiger partial charge in [-0.05, 0) is 51.0 Å². The minimum absolute atomic E-state index is 0.0496. The molecule has 9 heteroatoms. The zero-order valence-corrected chi connectivity index (χ0v) is 19.7. The maximum atomic E-state index is 12.9. The second-order valence-corrected chi connectivity index (χ2v) is 9.62. The van der Waals surface area contributed by atoms with E-state index in [0.29, 0.717) is 27.1 Å². The van der Waals surface area contributed by atoms with Crippen LogP contribution in [0.2, 0.25) is 10.0 Å². The Morgan fingerprint density at radius 3 is 2.69 bits per heavy atom. The zero-order valence-electron chi connectivity index (χ0n) is 16.5. The molecule has 3 rings (SSSR count). The number of halogens is 2. The number of thioether (sulfide) groups is 1. The van der Waals surface area contributed by atoms with Crippen LogP contribution in [0.5, 0.6) is 0 Å². The normalized spacial score (nSPS) is 12.3. The second-order valence-electron chi connectivity index (χ2n) is 6.66. The van der Waals surface area contributed by atoms with Gasteiger partial charge in [0.25, 0.3) is 5.56 Å². The van der Waals surface area contributed by atoms with Crippen LogP contribution in [0.3, 0.4) is 0 Å². The Morgan fingerprint density at radius 2 is 2.03 bits per heavy atom. The van der Waals surface area contributed by atoms with Crippen molar-refractivity contribution >= 4 is 62.4 Å². The molecule has 1 aromatic carbocycles. The van der Waals surface area contributed by atoms with Gasteiger partial charge in [0.15, 0.2) is 5.16 Å². The smallest absolute Gasteiger partial charge is 0.263 e.